The number of phenolic OH excluding ortho intramolecular Hbond substituents is 2. The van der Waals surface area contributed by atoms with Gasteiger partial charge in [-0.2, -0.15) is 0 Å². The van der Waals surface area contributed by atoms with Crippen LogP contribution >= 0.6 is 0 Å². The lowest BCUT2D eigenvalue weighted by Gasteiger charge is -2.01. The summed E-state index contributed by atoms with van der Waals surface area (Å²) >= 11 is 0. The molecule has 3 heteroatoms. The summed E-state index contributed by atoms with van der Waals surface area (Å²) in [6, 6.07) is 11.8. The molecule has 2 aromatic rings. The Morgan fingerprint density at radius 3 is 2.11 bits per heavy atom. The molecule has 0 saturated heterocycles. The molecule has 0 fully saturated rings. The maximum absolute atomic E-state index is 9.48. The van der Waals surface area contributed by atoms with Gasteiger partial charge >= 0.3 is 0 Å². The first kappa shape index (κ1) is 12.2. The molecule has 0 amide bonds. The third-order valence-corrected chi connectivity index (χ3v) is 2.54. The van der Waals surface area contributed by atoms with Crippen molar-refractivity contribution < 1.29 is 15.3 Å². The second kappa shape index (κ2) is 5.38. The van der Waals surface area contributed by atoms with Crippen LogP contribution < -0.4 is 0 Å². The first-order valence-corrected chi connectivity index (χ1v) is 5.58. The number of aromatic hydroxyl groups is 2. The molecule has 0 heterocycles. The molecular weight excluding hydrogens is 228 g/mol. The van der Waals surface area contributed by atoms with Gasteiger partial charge in [0.2, 0.25) is 0 Å². The van der Waals surface area contributed by atoms with Crippen LogP contribution in [0.3, 0.4) is 0 Å². The fraction of sp³-hybridized carbons (Fsp3) is 0.0667. The van der Waals surface area contributed by atoms with E-state index in [-0.39, 0.29) is 18.1 Å². The molecule has 3 nitrogen and oxygen atoms in total. The quantitative estimate of drug-likeness (QED) is 0.725. The molecule has 0 atom stereocenters. The van der Waals surface area contributed by atoms with E-state index in [2.05, 4.69) is 0 Å². The molecule has 0 aromatic heterocycles. The Hall–Kier alpha value is -2.26. The number of aliphatic hydroxyl groups excluding tert-OH is 1. The predicted molar refractivity (Wildman–Crippen MR) is 71.1 cm³/mol. The lowest BCUT2D eigenvalue weighted by molar-refractivity contribution is 0.281. The first-order valence-electron chi connectivity index (χ1n) is 5.58. The zero-order chi connectivity index (χ0) is 13.0. The van der Waals surface area contributed by atoms with E-state index >= 15 is 0 Å². The molecule has 3 N–H and O–H groups in total. The molecule has 0 unspecified atom stereocenters. The van der Waals surface area contributed by atoms with Gasteiger partial charge in [0.15, 0.2) is 0 Å². The van der Waals surface area contributed by atoms with E-state index in [1.54, 1.807) is 36.4 Å². The van der Waals surface area contributed by atoms with Crippen LogP contribution in [0.15, 0.2) is 42.5 Å². The van der Waals surface area contributed by atoms with Crippen molar-refractivity contribution in [1.82, 2.24) is 0 Å². The highest BCUT2D eigenvalue weighted by molar-refractivity contribution is 5.70. The molecule has 18 heavy (non-hydrogen) atoms. The van der Waals surface area contributed by atoms with Gasteiger partial charge in [0.25, 0.3) is 0 Å². The molecule has 92 valence electrons. The SMILES string of the molecule is OCc1cc(O)cc(C=Cc2ccc(O)cc2)c1. The highest BCUT2D eigenvalue weighted by Crippen LogP contribution is 2.18. The molecule has 0 bridgehead atoms. The molecule has 2 aromatic carbocycles. The van der Waals surface area contributed by atoms with Crippen molar-refractivity contribution in [3.8, 4) is 11.5 Å². The van der Waals surface area contributed by atoms with E-state index in [9.17, 15) is 5.11 Å². The van der Waals surface area contributed by atoms with Gasteiger partial charge in [0.1, 0.15) is 11.5 Å². The van der Waals surface area contributed by atoms with Crippen LogP contribution in [-0.4, -0.2) is 15.3 Å². The Morgan fingerprint density at radius 1 is 0.778 bits per heavy atom. The summed E-state index contributed by atoms with van der Waals surface area (Å²) in [5, 5.41) is 27.7. The van der Waals surface area contributed by atoms with Gasteiger partial charge in [0.05, 0.1) is 6.61 Å². The molecule has 0 saturated carbocycles. The second-order valence-electron chi connectivity index (χ2n) is 4.02. The third-order valence-electron chi connectivity index (χ3n) is 2.54. The molecule has 0 aliphatic heterocycles. The number of hydrogen-bond donors (Lipinski definition) is 3. The van der Waals surface area contributed by atoms with Gasteiger partial charge in [-0.05, 0) is 47.0 Å². The largest absolute Gasteiger partial charge is 0.508 e. The Kier molecular flexibility index (Phi) is 3.65. The fourth-order valence-corrected chi connectivity index (χ4v) is 1.67. The van der Waals surface area contributed by atoms with E-state index < -0.39 is 0 Å². The van der Waals surface area contributed by atoms with Gasteiger partial charge in [-0.3, -0.25) is 0 Å². The highest BCUT2D eigenvalue weighted by atomic mass is 16.3. The van der Waals surface area contributed by atoms with Gasteiger partial charge in [0, 0.05) is 0 Å². The fourth-order valence-electron chi connectivity index (χ4n) is 1.67. The minimum Gasteiger partial charge on any atom is -0.508 e. The van der Waals surface area contributed by atoms with Crippen molar-refractivity contribution in [2.45, 2.75) is 6.61 Å². The Balaban J connectivity index is 2.22. The maximum atomic E-state index is 9.48. The number of phenols is 2. The monoisotopic (exact) mass is 242 g/mol. The van der Waals surface area contributed by atoms with Gasteiger partial charge in [-0.15, -0.1) is 0 Å². The smallest absolute Gasteiger partial charge is 0.116 e. The molecular formula is C15H14O3. The molecule has 0 aliphatic rings. The van der Waals surface area contributed by atoms with Crippen molar-refractivity contribution in [3.05, 3.63) is 59.2 Å². The maximum Gasteiger partial charge on any atom is 0.116 e. The van der Waals surface area contributed by atoms with Crippen molar-refractivity contribution >= 4 is 12.2 Å². The van der Waals surface area contributed by atoms with E-state index in [0.717, 1.165) is 11.1 Å². The van der Waals surface area contributed by atoms with Crippen molar-refractivity contribution in [2.24, 2.45) is 0 Å². The molecule has 0 spiro atoms. The van der Waals surface area contributed by atoms with E-state index in [1.807, 2.05) is 12.2 Å². The second-order valence-corrected chi connectivity index (χ2v) is 4.02. The van der Waals surface area contributed by atoms with E-state index in [1.165, 1.54) is 6.07 Å². The van der Waals surface area contributed by atoms with Crippen LogP contribution in [0.5, 0.6) is 11.5 Å². The van der Waals surface area contributed by atoms with E-state index in [0.29, 0.717) is 5.56 Å². The lowest BCUT2D eigenvalue weighted by Crippen LogP contribution is -1.84. The van der Waals surface area contributed by atoms with Crippen molar-refractivity contribution in [2.75, 3.05) is 0 Å². The minimum absolute atomic E-state index is 0.103. The summed E-state index contributed by atoms with van der Waals surface area (Å²) in [6.45, 7) is -0.103. The number of rotatable bonds is 3. The van der Waals surface area contributed by atoms with E-state index in [4.69, 9.17) is 10.2 Å². The average molecular weight is 242 g/mol. The standard InChI is InChI=1S/C15H14O3/c16-10-13-7-12(8-15(18)9-13)2-1-11-3-5-14(17)6-4-11/h1-9,16-18H,10H2. The predicted octanol–water partition coefficient (Wildman–Crippen LogP) is 2.76. The molecule has 0 radical (unpaired) electrons. The third kappa shape index (κ3) is 3.12. The molecule has 0 aliphatic carbocycles. The zero-order valence-corrected chi connectivity index (χ0v) is 9.74. The first-order chi connectivity index (χ1) is 8.67. The van der Waals surface area contributed by atoms with Crippen LogP contribution in [0.25, 0.3) is 12.2 Å². The normalized spacial score (nSPS) is 10.9. The average Bonchev–Trinajstić information content (AvgIpc) is 2.37. The minimum atomic E-state index is -0.103. The summed E-state index contributed by atoms with van der Waals surface area (Å²) in [7, 11) is 0. The van der Waals surface area contributed by atoms with Crippen LogP contribution in [-0.2, 0) is 6.61 Å². The zero-order valence-electron chi connectivity index (χ0n) is 9.74. The summed E-state index contributed by atoms with van der Waals surface area (Å²) < 4.78 is 0. The Labute approximate surface area is 105 Å². The number of benzene rings is 2. The van der Waals surface area contributed by atoms with Crippen LogP contribution in [0, 0.1) is 0 Å². The van der Waals surface area contributed by atoms with Crippen molar-refractivity contribution in [3.63, 3.8) is 0 Å². The molecule has 2 rings (SSSR count). The lowest BCUT2D eigenvalue weighted by atomic mass is 10.1. The summed E-state index contributed by atoms with van der Waals surface area (Å²) in [5.41, 5.74) is 2.43. The topological polar surface area (TPSA) is 60.7 Å². The highest BCUT2D eigenvalue weighted by Gasteiger charge is 1.97. The van der Waals surface area contributed by atoms with Gasteiger partial charge < -0.3 is 15.3 Å². The van der Waals surface area contributed by atoms with Gasteiger partial charge in [-0.1, -0.05) is 24.3 Å². The van der Waals surface area contributed by atoms with Gasteiger partial charge in [-0.25, -0.2) is 0 Å². The number of aliphatic hydroxyl groups is 1. The van der Waals surface area contributed by atoms with Crippen LogP contribution in [0.1, 0.15) is 16.7 Å². The summed E-state index contributed by atoms with van der Waals surface area (Å²) in [6.07, 6.45) is 3.71. The van der Waals surface area contributed by atoms with Crippen LogP contribution in [0.2, 0.25) is 0 Å². The number of hydrogen-bond acceptors (Lipinski definition) is 3. The van der Waals surface area contributed by atoms with Crippen molar-refractivity contribution in [1.29, 1.82) is 0 Å². The van der Waals surface area contributed by atoms with Crippen LogP contribution in [0.4, 0.5) is 0 Å². The summed E-state index contributed by atoms with van der Waals surface area (Å²) in [4.78, 5) is 0. The summed E-state index contributed by atoms with van der Waals surface area (Å²) in [5.74, 6) is 0.360. The Morgan fingerprint density at radius 2 is 1.44 bits per heavy atom. The Bertz CT molecular complexity index is 556.